The number of H-pyrrole nitrogens is 1. The molecule has 0 aliphatic heterocycles. The Bertz CT molecular complexity index is 725. The van der Waals surface area contributed by atoms with Crippen LogP contribution in [-0.2, 0) is 6.61 Å². The van der Waals surface area contributed by atoms with Crippen LogP contribution in [0.5, 0.6) is 0 Å². The van der Waals surface area contributed by atoms with Crippen molar-refractivity contribution in [3.8, 4) is 0 Å². The average Bonchev–Trinajstić information content (AvgIpc) is 2.81. The van der Waals surface area contributed by atoms with Gasteiger partial charge in [-0.15, -0.1) is 0 Å². The van der Waals surface area contributed by atoms with Gasteiger partial charge in [0.1, 0.15) is 5.65 Å². The van der Waals surface area contributed by atoms with E-state index >= 15 is 0 Å². The van der Waals surface area contributed by atoms with E-state index in [9.17, 15) is 0 Å². The van der Waals surface area contributed by atoms with Gasteiger partial charge in [-0.3, -0.25) is 0 Å². The number of aliphatic hydroxyl groups is 1. The molecule has 0 bridgehead atoms. The molecule has 0 unspecified atom stereocenters. The molecule has 3 N–H and O–H groups in total. The molecule has 3 rings (SSSR count). The lowest BCUT2D eigenvalue weighted by Gasteiger charge is -2.04. The molecule has 2 aromatic heterocycles. The summed E-state index contributed by atoms with van der Waals surface area (Å²) in [7, 11) is 0. The van der Waals surface area contributed by atoms with Crippen molar-refractivity contribution in [2.75, 3.05) is 5.32 Å². The third kappa shape index (κ3) is 2.52. The molecular weight excluding hydrogens is 264 g/mol. The number of benzene rings is 1. The Balaban J connectivity index is 1.92. The van der Waals surface area contributed by atoms with Crippen molar-refractivity contribution < 1.29 is 5.11 Å². The molecule has 5 nitrogen and oxygen atoms in total. The first-order chi connectivity index (χ1) is 9.24. The number of hydrogen-bond donors (Lipinski definition) is 3. The molecule has 0 saturated carbocycles. The zero-order chi connectivity index (χ0) is 13.2. The highest BCUT2D eigenvalue weighted by atomic mass is 35.5. The monoisotopic (exact) mass is 274 g/mol. The molecule has 19 heavy (non-hydrogen) atoms. The van der Waals surface area contributed by atoms with Gasteiger partial charge < -0.3 is 15.4 Å². The highest BCUT2D eigenvalue weighted by Gasteiger charge is 2.04. The molecule has 0 aliphatic rings. The topological polar surface area (TPSA) is 73.8 Å². The maximum absolute atomic E-state index is 9.06. The summed E-state index contributed by atoms with van der Waals surface area (Å²) in [6.07, 6.45) is 1.70. The van der Waals surface area contributed by atoms with Crippen LogP contribution in [0.25, 0.3) is 11.0 Å². The first-order valence-electron chi connectivity index (χ1n) is 5.73. The summed E-state index contributed by atoms with van der Waals surface area (Å²) in [6.45, 7) is -0.0482. The lowest BCUT2D eigenvalue weighted by Crippen LogP contribution is -1.96. The van der Waals surface area contributed by atoms with Crippen LogP contribution < -0.4 is 5.32 Å². The van der Waals surface area contributed by atoms with E-state index in [4.69, 9.17) is 16.7 Å². The number of halogens is 1. The lowest BCUT2D eigenvalue weighted by molar-refractivity contribution is 0.278. The van der Waals surface area contributed by atoms with E-state index < -0.39 is 0 Å². The zero-order valence-electron chi connectivity index (χ0n) is 9.89. The second-order valence-electron chi connectivity index (χ2n) is 4.09. The number of fused-ring (bicyclic) bond motifs is 1. The van der Waals surface area contributed by atoms with E-state index in [-0.39, 0.29) is 6.61 Å². The predicted octanol–water partition coefficient (Wildman–Crippen LogP) is 2.85. The zero-order valence-corrected chi connectivity index (χ0v) is 10.6. The van der Waals surface area contributed by atoms with Crippen molar-refractivity contribution in [2.24, 2.45) is 0 Å². The summed E-state index contributed by atoms with van der Waals surface area (Å²) in [5, 5.41) is 13.6. The Morgan fingerprint density at radius 2 is 2.21 bits per heavy atom. The quantitative estimate of drug-likeness (QED) is 0.687. The molecule has 0 fully saturated rings. The highest BCUT2D eigenvalue weighted by molar-refractivity contribution is 6.30. The number of nitrogens with one attached hydrogen (secondary N) is 2. The van der Waals surface area contributed by atoms with Crippen LogP contribution in [-0.4, -0.2) is 20.1 Å². The maximum atomic E-state index is 9.06. The molecule has 0 spiro atoms. The van der Waals surface area contributed by atoms with E-state index in [0.717, 1.165) is 11.1 Å². The SMILES string of the molecule is OCc1cc2cnc(Nc3cccc(Cl)c3)nc2[nH]1. The first kappa shape index (κ1) is 12.0. The Morgan fingerprint density at radius 1 is 1.32 bits per heavy atom. The van der Waals surface area contributed by atoms with E-state index in [1.54, 1.807) is 18.3 Å². The molecule has 3 aromatic rings. The predicted molar refractivity (Wildman–Crippen MR) is 74.5 cm³/mol. The second kappa shape index (κ2) is 4.87. The van der Waals surface area contributed by atoms with Crippen LogP contribution in [0, 0.1) is 0 Å². The minimum atomic E-state index is -0.0482. The van der Waals surface area contributed by atoms with Gasteiger partial charge in [-0.1, -0.05) is 17.7 Å². The Hall–Kier alpha value is -2.11. The fraction of sp³-hybridized carbons (Fsp3) is 0.0769. The highest BCUT2D eigenvalue weighted by Crippen LogP contribution is 2.19. The molecule has 0 amide bonds. The van der Waals surface area contributed by atoms with Gasteiger partial charge >= 0.3 is 0 Å². The molecule has 1 aromatic carbocycles. The third-order valence-electron chi connectivity index (χ3n) is 2.68. The van der Waals surface area contributed by atoms with Crippen LogP contribution in [0.1, 0.15) is 5.69 Å². The number of aliphatic hydroxyl groups excluding tert-OH is 1. The number of rotatable bonds is 3. The Kier molecular flexibility index (Phi) is 3.06. The van der Waals surface area contributed by atoms with Gasteiger partial charge in [-0.2, -0.15) is 4.98 Å². The van der Waals surface area contributed by atoms with Crippen molar-refractivity contribution in [3.05, 3.63) is 47.2 Å². The van der Waals surface area contributed by atoms with Crippen molar-refractivity contribution in [2.45, 2.75) is 6.61 Å². The number of hydrogen-bond acceptors (Lipinski definition) is 4. The van der Waals surface area contributed by atoms with Gasteiger partial charge in [0.15, 0.2) is 0 Å². The van der Waals surface area contributed by atoms with Crippen molar-refractivity contribution in [3.63, 3.8) is 0 Å². The fourth-order valence-corrected chi connectivity index (χ4v) is 2.00. The van der Waals surface area contributed by atoms with Gasteiger partial charge in [0, 0.05) is 28.0 Å². The average molecular weight is 275 g/mol. The second-order valence-corrected chi connectivity index (χ2v) is 4.52. The Morgan fingerprint density at radius 3 is 3.00 bits per heavy atom. The van der Waals surface area contributed by atoms with Crippen LogP contribution in [0.3, 0.4) is 0 Å². The van der Waals surface area contributed by atoms with Gasteiger partial charge in [-0.25, -0.2) is 4.98 Å². The summed E-state index contributed by atoms with van der Waals surface area (Å²) in [5.41, 5.74) is 2.22. The molecule has 0 aliphatic carbocycles. The normalized spacial score (nSPS) is 10.8. The molecule has 0 saturated heterocycles. The number of nitrogens with zero attached hydrogens (tertiary/aromatic N) is 2. The minimum Gasteiger partial charge on any atom is -0.390 e. The van der Waals surface area contributed by atoms with Crippen LogP contribution in [0.4, 0.5) is 11.6 Å². The molecule has 96 valence electrons. The molecular formula is C13H11ClN4O. The molecule has 0 radical (unpaired) electrons. The van der Waals surface area contributed by atoms with Gasteiger partial charge in [0.05, 0.1) is 6.61 Å². The van der Waals surface area contributed by atoms with E-state index in [0.29, 0.717) is 22.3 Å². The van der Waals surface area contributed by atoms with Crippen molar-refractivity contribution in [1.82, 2.24) is 15.0 Å². The van der Waals surface area contributed by atoms with Crippen molar-refractivity contribution in [1.29, 1.82) is 0 Å². The summed E-state index contributed by atoms with van der Waals surface area (Å²) in [6, 6.07) is 9.14. The largest absolute Gasteiger partial charge is 0.390 e. The van der Waals surface area contributed by atoms with Gasteiger partial charge in [0.2, 0.25) is 5.95 Å². The number of aromatic nitrogens is 3. The Labute approximate surface area is 114 Å². The van der Waals surface area contributed by atoms with Gasteiger partial charge in [-0.05, 0) is 24.3 Å². The first-order valence-corrected chi connectivity index (χ1v) is 6.10. The van der Waals surface area contributed by atoms with Crippen LogP contribution in [0.15, 0.2) is 36.5 Å². The van der Waals surface area contributed by atoms with Crippen LogP contribution >= 0.6 is 11.6 Å². The standard InChI is InChI=1S/C13H11ClN4O/c14-9-2-1-3-10(5-9)17-13-15-6-8-4-11(7-19)16-12(8)18-13/h1-6,19H,7H2,(H2,15,16,17,18). The summed E-state index contributed by atoms with van der Waals surface area (Å²) >= 11 is 5.91. The summed E-state index contributed by atoms with van der Waals surface area (Å²) in [5.74, 6) is 0.473. The molecule has 2 heterocycles. The summed E-state index contributed by atoms with van der Waals surface area (Å²) < 4.78 is 0. The van der Waals surface area contributed by atoms with Crippen LogP contribution in [0.2, 0.25) is 5.02 Å². The number of aromatic amines is 1. The maximum Gasteiger partial charge on any atom is 0.229 e. The number of anilines is 2. The summed E-state index contributed by atoms with van der Waals surface area (Å²) in [4.78, 5) is 11.6. The molecule has 0 atom stereocenters. The van der Waals surface area contributed by atoms with Gasteiger partial charge in [0.25, 0.3) is 0 Å². The smallest absolute Gasteiger partial charge is 0.229 e. The van der Waals surface area contributed by atoms with E-state index in [1.807, 2.05) is 18.2 Å². The fourth-order valence-electron chi connectivity index (χ4n) is 1.81. The third-order valence-corrected chi connectivity index (χ3v) is 2.91. The molecule has 6 heteroatoms. The lowest BCUT2D eigenvalue weighted by atomic mass is 10.3. The van der Waals surface area contributed by atoms with E-state index in [1.165, 1.54) is 0 Å². The minimum absolute atomic E-state index is 0.0482. The van der Waals surface area contributed by atoms with Crippen molar-refractivity contribution >= 4 is 34.3 Å². The van der Waals surface area contributed by atoms with E-state index in [2.05, 4.69) is 20.3 Å².